The second-order valence-corrected chi connectivity index (χ2v) is 8.23. The van der Waals surface area contributed by atoms with Crippen LogP contribution < -0.4 is 15.4 Å². The van der Waals surface area contributed by atoms with Crippen LogP contribution in [0.1, 0.15) is 34.2 Å². The molecule has 168 valence electrons. The standard InChI is InChI=1S/C23H20N4O6/c1-12(28)5-13-6-15-7-18(33-19(15)24-9-13)23(21(30)25-22(31)26-23)11-27-10-14-3-4-16(32-2)8-17(14)20(27)29/h3-4,6-9H,5,10-11H2,1-2H3,(H2,25,26,30,31)/t23-/m0/s1. The van der Waals surface area contributed by atoms with Crippen molar-refractivity contribution in [2.75, 3.05) is 13.7 Å². The van der Waals surface area contributed by atoms with E-state index in [2.05, 4.69) is 15.6 Å². The van der Waals surface area contributed by atoms with E-state index >= 15 is 0 Å². The van der Waals surface area contributed by atoms with E-state index in [4.69, 9.17) is 9.15 Å². The van der Waals surface area contributed by atoms with Crippen molar-refractivity contribution >= 4 is 34.7 Å². The van der Waals surface area contributed by atoms with Gasteiger partial charge in [0, 0.05) is 30.1 Å². The van der Waals surface area contributed by atoms with Gasteiger partial charge in [0.15, 0.2) is 5.54 Å². The SMILES string of the molecule is COc1ccc2c(c1)C(=O)N(C[C@@]1(c3cc4cc(CC(C)=O)cnc4o3)NC(=O)NC1=O)C2. The molecule has 1 aromatic carbocycles. The number of ether oxygens (including phenoxy) is 1. The second-order valence-electron chi connectivity index (χ2n) is 8.23. The summed E-state index contributed by atoms with van der Waals surface area (Å²) in [4.78, 5) is 55.4. The van der Waals surface area contributed by atoms with Crippen LogP contribution in [0.4, 0.5) is 4.79 Å². The molecule has 0 spiro atoms. The number of benzene rings is 1. The molecule has 1 saturated heterocycles. The normalized spacial score (nSPS) is 19.6. The molecule has 10 nitrogen and oxygen atoms in total. The lowest BCUT2D eigenvalue weighted by atomic mass is 9.95. The van der Waals surface area contributed by atoms with Gasteiger partial charge in [-0.05, 0) is 42.3 Å². The maximum atomic E-state index is 13.1. The Hall–Kier alpha value is -4.21. The Kier molecular flexibility index (Phi) is 4.66. The summed E-state index contributed by atoms with van der Waals surface area (Å²) in [7, 11) is 1.52. The molecule has 2 aromatic heterocycles. The number of furan rings is 1. The Morgan fingerprint density at radius 1 is 1.24 bits per heavy atom. The third-order valence-corrected chi connectivity index (χ3v) is 5.87. The van der Waals surface area contributed by atoms with Crippen molar-refractivity contribution in [1.29, 1.82) is 0 Å². The van der Waals surface area contributed by atoms with Gasteiger partial charge in [0.25, 0.3) is 11.8 Å². The molecule has 33 heavy (non-hydrogen) atoms. The van der Waals surface area contributed by atoms with E-state index in [0.717, 1.165) is 5.56 Å². The predicted molar refractivity (Wildman–Crippen MR) is 114 cm³/mol. The number of hydrogen-bond donors (Lipinski definition) is 2. The van der Waals surface area contributed by atoms with Crippen LogP contribution in [-0.4, -0.2) is 47.2 Å². The average Bonchev–Trinajstić information content (AvgIpc) is 3.41. The third-order valence-electron chi connectivity index (χ3n) is 5.87. The fraction of sp³-hybridized carbons (Fsp3) is 0.261. The number of aromatic nitrogens is 1. The van der Waals surface area contributed by atoms with E-state index in [1.807, 2.05) is 0 Å². The van der Waals surface area contributed by atoms with Gasteiger partial charge in [-0.3, -0.25) is 19.7 Å². The molecule has 2 aliphatic rings. The lowest BCUT2D eigenvalue weighted by Gasteiger charge is -2.28. The zero-order valence-corrected chi connectivity index (χ0v) is 17.9. The van der Waals surface area contributed by atoms with Gasteiger partial charge in [-0.25, -0.2) is 9.78 Å². The Bertz CT molecular complexity index is 1350. The van der Waals surface area contributed by atoms with Crippen molar-refractivity contribution in [3.8, 4) is 5.75 Å². The van der Waals surface area contributed by atoms with Gasteiger partial charge < -0.3 is 19.4 Å². The molecular weight excluding hydrogens is 428 g/mol. The number of hydrogen-bond acceptors (Lipinski definition) is 7. The number of rotatable bonds is 6. The first-order valence-electron chi connectivity index (χ1n) is 10.3. The van der Waals surface area contributed by atoms with Gasteiger partial charge in [0.1, 0.15) is 17.3 Å². The van der Waals surface area contributed by atoms with Gasteiger partial charge in [-0.15, -0.1) is 0 Å². The van der Waals surface area contributed by atoms with Gasteiger partial charge >= 0.3 is 6.03 Å². The number of imide groups is 1. The van der Waals surface area contributed by atoms with Crippen LogP contribution >= 0.6 is 0 Å². The maximum Gasteiger partial charge on any atom is 0.322 e. The minimum Gasteiger partial charge on any atom is -0.497 e. The summed E-state index contributed by atoms with van der Waals surface area (Å²) >= 11 is 0. The Morgan fingerprint density at radius 3 is 2.76 bits per heavy atom. The molecule has 2 N–H and O–H groups in total. The topological polar surface area (TPSA) is 131 Å². The van der Waals surface area contributed by atoms with Crippen LogP contribution in [0.5, 0.6) is 5.75 Å². The van der Waals surface area contributed by atoms with Crippen LogP contribution in [0.15, 0.2) is 40.9 Å². The second kappa shape index (κ2) is 7.44. The van der Waals surface area contributed by atoms with Crippen molar-refractivity contribution in [2.24, 2.45) is 0 Å². The average molecular weight is 448 g/mol. The molecule has 2 aliphatic heterocycles. The first-order valence-corrected chi connectivity index (χ1v) is 10.3. The number of fused-ring (bicyclic) bond motifs is 2. The summed E-state index contributed by atoms with van der Waals surface area (Å²) in [6.45, 7) is 1.61. The number of pyridine rings is 1. The van der Waals surface area contributed by atoms with Crippen LogP contribution in [0, 0.1) is 0 Å². The number of carbonyl (C=O) groups is 4. The molecule has 0 saturated carbocycles. The molecule has 4 amide bonds. The number of nitrogens with one attached hydrogen (secondary N) is 2. The Balaban J connectivity index is 1.52. The molecule has 1 fully saturated rings. The fourth-order valence-electron chi connectivity index (χ4n) is 4.31. The van der Waals surface area contributed by atoms with Crippen LogP contribution in [0.2, 0.25) is 0 Å². The van der Waals surface area contributed by atoms with Crippen molar-refractivity contribution in [3.05, 3.63) is 59.0 Å². The van der Waals surface area contributed by atoms with Crippen molar-refractivity contribution in [2.45, 2.75) is 25.4 Å². The molecule has 0 radical (unpaired) electrons. The first-order chi connectivity index (χ1) is 15.8. The number of Topliss-reactive ketones (excluding diaryl/α,β-unsaturated/α-hetero) is 1. The summed E-state index contributed by atoms with van der Waals surface area (Å²) in [5.41, 5.74) is 0.609. The molecule has 0 bridgehead atoms. The molecule has 3 aromatic rings. The summed E-state index contributed by atoms with van der Waals surface area (Å²) in [6, 6.07) is 7.89. The molecule has 4 heterocycles. The fourth-order valence-corrected chi connectivity index (χ4v) is 4.31. The molecule has 10 heteroatoms. The zero-order chi connectivity index (χ0) is 23.3. The third kappa shape index (κ3) is 3.39. The number of methoxy groups -OCH3 is 1. The molecule has 0 unspecified atom stereocenters. The molecule has 5 rings (SSSR count). The largest absolute Gasteiger partial charge is 0.497 e. The van der Waals surface area contributed by atoms with Crippen molar-refractivity contribution in [3.63, 3.8) is 0 Å². The maximum absolute atomic E-state index is 13.1. The van der Waals surface area contributed by atoms with E-state index < -0.39 is 17.5 Å². The van der Waals surface area contributed by atoms with Crippen LogP contribution in [0.25, 0.3) is 11.1 Å². The summed E-state index contributed by atoms with van der Waals surface area (Å²) in [5, 5.41) is 5.47. The monoisotopic (exact) mass is 448 g/mol. The number of carbonyl (C=O) groups excluding carboxylic acids is 4. The molecular formula is C23H20N4O6. The van der Waals surface area contributed by atoms with Crippen LogP contribution in [0.3, 0.4) is 0 Å². The smallest absolute Gasteiger partial charge is 0.322 e. The highest BCUT2D eigenvalue weighted by molar-refractivity contribution is 6.08. The van der Waals surface area contributed by atoms with E-state index in [1.165, 1.54) is 25.1 Å². The Morgan fingerprint density at radius 2 is 2.06 bits per heavy atom. The highest BCUT2D eigenvalue weighted by Gasteiger charge is 2.53. The lowest BCUT2D eigenvalue weighted by Crippen LogP contribution is -2.52. The van der Waals surface area contributed by atoms with Crippen LogP contribution in [-0.2, 0) is 28.1 Å². The van der Waals surface area contributed by atoms with E-state index in [9.17, 15) is 19.2 Å². The first kappa shape index (κ1) is 20.7. The Labute approximate surface area is 187 Å². The minimum absolute atomic E-state index is 0.0116. The van der Waals surface area contributed by atoms with E-state index in [0.29, 0.717) is 22.3 Å². The highest BCUT2D eigenvalue weighted by Crippen LogP contribution is 2.34. The summed E-state index contributed by atoms with van der Waals surface area (Å²) in [6.07, 6.45) is 1.75. The van der Waals surface area contributed by atoms with Gasteiger partial charge in [0.2, 0.25) is 5.71 Å². The number of nitrogens with zero attached hydrogens (tertiary/aromatic N) is 2. The molecule has 1 atom stereocenters. The number of urea groups is 1. The van der Waals surface area contributed by atoms with Gasteiger partial charge in [-0.1, -0.05) is 6.07 Å². The highest BCUT2D eigenvalue weighted by atomic mass is 16.5. The zero-order valence-electron chi connectivity index (χ0n) is 17.9. The van der Waals surface area contributed by atoms with Crippen molar-refractivity contribution in [1.82, 2.24) is 20.5 Å². The quantitative estimate of drug-likeness (QED) is 0.548. The van der Waals surface area contributed by atoms with Gasteiger partial charge in [0.05, 0.1) is 13.7 Å². The van der Waals surface area contributed by atoms with Crippen molar-refractivity contribution < 1.29 is 28.3 Å². The van der Waals surface area contributed by atoms with E-state index in [-0.39, 0.29) is 42.7 Å². The minimum atomic E-state index is -1.62. The summed E-state index contributed by atoms with van der Waals surface area (Å²) < 4.78 is 11.1. The van der Waals surface area contributed by atoms with Gasteiger partial charge in [-0.2, -0.15) is 0 Å². The van der Waals surface area contributed by atoms with E-state index in [1.54, 1.807) is 30.3 Å². The number of ketones is 1. The predicted octanol–water partition coefficient (Wildman–Crippen LogP) is 1.66. The molecule has 0 aliphatic carbocycles. The number of amides is 4. The summed E-state index contributed by atoms with van der Waals surface area (Å²) in [5.74, 6) is -0.223. The lowest BCUT2D eigenvalue weighted by molar-refractivity contribution is -0.125.